The third-order valence-corrected chi connectivity index (χ3v) is 6.38. The Morgan fingerprint density at radius 3 is 2.11 bits per heavy atom. The molecule has 0 saturated carbocycles. The maximum absolute atomic E-state index is 12.3. The summed E-state index contributed by atoms with van der Waals surface area (Å²) in [4.78, 5) is 12.3. The summed E-state index contributed by atoms with van der Waals surface area (Å²) in [6.45, 7) is 5.82. The molecule has 0 aliphatic rings. The van der Waals surface area contributed by atoms with Gasteiger partial charge in [-0.1, -0.05) is 94.3 Å². The van der Waals surface area contributed by atoms with E-state index in [1.165, 1.54) is 62.5 Å². The number of unbranched alkanes of at least 4 members (excludes halogenated alkanes) is 7. The fraction of sp³-hybridized carbons (Fsp3) is 0.581. The van der Waals surface area contributed by atoms with Gasteiger partial charge in [0.25, 0.3) is 0 Å². The molecule has 0 heterocycles. The van der Waals surface area contributed by atoms with Gasteiger partial charge in [0.1, 0.15) is 12.3 Å². The highest BCUT2D eigenvalue weighted by Gasteiger charge is 2.22. The molecule has 0 N–H and O–H groups in total. The monoisotopic (exact) mass is 482 g/mol. The number of likely N-dealkylation sites (N-methyl/N-ethyl adjacent to an activating group) is 1. The Morgan fingerprint density at radius 2 is 1.46 bits per heavy atom. The lowest BCUT2D eigenvalue weighted by Crippen LogP contribution is -2.43. The van der Waals surface area contributed by atoms with Gasteiger partial charge in [0.05, 0.1) is 26.8 Å². The molecule has 0 radical (unpaired) electrons. The third-order valence-electron chi connectivity index (χ3n) is 6.38. The molecular formula is C31H48NO3+. The lowest BCUT2D eigenvalue weighted by molar-refractivity contribution is -0.896. The summed E-state index contributed by atoms with van der Waals surface area (Å²) in [5.41, 5.74) is 2.59. The summed E-state index contributed by atoms with van der Waals surface area (Å²) in [6.07, 6.45) is 12.6. The molecule has 2 rings (SSSR count). The number of rotatable bonds is 18. The number of carbonyl (C=O) groups is 1. The van der Waals surface area contributed by atoms with Crippen LogP contribution in [0.2, 0.25) is 0 Å². The van der Waals surface area contributed by atoms with E-state index in [1.807, 2.05) is 25.1 Å². The number of esters is 1. The van der Waals surface area contributed by atoms with Gasteiger partial charge in [0, 0.05) is 12.0 Å². The van der Waals surface area contributed by atoms with E-state index in [-0.39, 0.29) is 12.1 Å². The first-order valence-electron chi connectivity index (χ1n) is 13.6. The highest BCUT2D eigenvalue weighted by atomic mass is 16.5. The Bertz CT molecular complexity index is 817. The molecule has 0 aliphatic carbocycles. The standard InChI is InChI=1S/C31H48NO3/c1-5-6-7-8-9-10-11-13-16-28-19-21-30(22-20-28)35-27(2)23-24-34-31(33)26-32(3,4)25-29-17-14-12-15-18-29/h12,14-15,17-22,27H,5-11,13,16,23-26H2,1-4H3/q+1. The minimum atomic E-state index is -0.163. The molecule has 0 saturated heterocycles. The van der Waals surface area contributed by atoms with Crippen molar-refractivity contribution in [2.24, 2.45) is 0 Å². The number of hydrogen-bond donors (Lipinski definition) is 0. The van der Waals surface area contributed by atoms with Crippen LogP contribution in [-0.2, 0) is 22.5 Å². The topological polar surface area (TPSA) is 35.5 Å². The van der Waals surface area contributed by atoms with E-state index in [2.05, 4.69) is 57.4 Å². The van der Waals surface area contributed by atoms with Crippen LogP contribution in [0, 0.1) is 0 Å². The second-order valence-corrected chi connectivity index (χ2v) is 10.5. The van der Waals surface area contributed by atoms with Crippen molar-refractivity contribution in [2.75, 3.05) is 27.2 Å². The van der Waals surface area contributed by atoms with Gasteiger partial charge in [-0.2, -0.15) is 0 Å². The first-order chi connectivity index (χ1) is 16.9. The first-order valence-corrected chi connectivity index (χ1v) is 13.6. The second-order valence-electron chi connectivity index (χ2n) is 10.5. The van der Waals surface area contributed by atoms with E-state index in [9.17, 15) is 4.79 Å². The fourth-order valence-electron chi connectivity index (χ4n) is 4.36. The number of benzene rings is 2. The molecule has 0 fully saturated rings. The Morgan fingerprint density at radius 1 is 0.829 bits per heavy atom. The van der Waals surface area contributed by atoms with Crippen molar-refractivity contribution < 1.29 is 18.8 Å². The number of nitrogens with zero attached hydrogens (tertiary/aromatic N) is 1. The van der Waals surface area contributed by atoms with Crippen LogP contribution in [0.15, 0.2) is 54.6 Å². The summed E-state index contributed by atoms with van der Waals surface area (Å²) < 4.78 is 12.1. The predicted molar refractivity (Wildman–Crippen MR) is 146 cm³/mol. The molecule has 2 aromatic rings. The second kappa shape index (κ2) is 16.4. The number of ether oxygens (including phenoxy) is 2. The van der Waals surface area contributed by atoms with Crippen LogP contribution in [0.1, 0.15) is 82.8 Å². The van der Waals surface area contributed by atoms with Crippen molar-refractivity contribution in [1.82, 2.24) is 0 Å². The van der Waals surface area contributed by atoms with Gasteiger partial charge in [0.15, 0.2) is 6.54 Å². The quantitative estimate of drug-likeness (QED) is 0.127. The summed E-state index contributed by atoms with van der Waals surface area (Å²) in [5, 5.41) is 0. The van der Waals surface area contributed by atoms with E-state index in [4.69, 9.17) is 9.47 Å². The van der Waals surface area contributed by atoms with Gasteiger partial charge in [-0.15, -0.1) is 0 Å². The molecule has 0 aromatic heterocycles. The minimum absolute atomic E-state index is 0.00632. The van der Waals surface area contributed by atoms with Gasteiger partial charge in [0.2, 0.25) is 0 Å². The average molecular weight is 483 g/mol. The minimum Gasteiger partial charge on any atom is -0.491 e. The number of hydrogen-bond acceptors (Lipinski definition) is 3. The first kappa shape index (κ1) is 28.9. The number of quaternary nitrogens is 1. The van der Waals surface area contributed by atoms with Crippen molar-refractivity contribution in [3.8, 4) is 5.75 Å². The van der Waals surface area contributed by atoms with Crippen LogP contribution in [-0.4, -0.2) is 43.8 Å². The van der Waals surface area contributed by atoms with E-state index in [0.717, 1.165) is 18.7 Å². The van der Waals surface area contributed by atoms with Crippen LogP contribution in [0.5, 0.6) is 5.75 Å². The highest BCUT2D eigenvalue weighted by Crippen LogP contribution is 2.17. The van der Waals surface area contributed by atoms with Crippen molar-refractivity contribution >= 4 is 5.97 Å². The normalized spacial score (nSPS) is 12.3. The molecule has 1 atom stereocenters. The van der Waals surface area contributed by atoms with Crippen LogP contribution in [0.25, 0.3) is 0 Å². The van der Waals surface area contributed by atoms with Crippen LogP contribution >= 0.6 is 0 Å². The molecule has 1 unspecified atom stereocenters. The SMILES string of the molecule is CCCCCCCCCCc1ccc(OC(C)CCOC(=O)C[N+](C)(C)Cc2ccccc2)cc1. The molecule has 4 nitrogen and oxygen atoms in total. The fourth-order valence-corrected chi connectivity index (χ4v) is 4.36. The van der Waals surface area contributed by atoms with Crippen LogP contribution in [0.3, 0.4) is 0 Å². The average Bonchev–Trinajstić information content (AvgIpc) is 2.82. The van der Waals surface area contributed by atoms with E-state index in [1.54, 1.807) is 0 Å². The van der Waals surface area contributed by atoms with E-state index in [0.29, 0.717) is 24.1 Å². The van der Waals surface area contributed by atoms with Gasteiger partial charge < -0.3 is 14.0 Å². The van der Waals surface area contributed by atoms with Gasteiger partial charge >= 0.3 is 5.97 Å². The molecule has 194 valence electrons. The molecule has 35 heavy (non-hydrogen) atoms. The largest absolute Gasteiger partial charge is 0.491 e. The zero-order chi connectivity index (χ0) is 25.4. The Hall–Kier alpha value is -2.33. The zero-order valence-corrected chi connectivity index (χ0v) is 22.6. The summed E-state index contributed by atoms with van der Waals surface area (Å²) in [7, 11) is 4.11. The maximum Gasteiger partial charge on any atom is 0.361 e. The Kier molecular flexibility index (Phi) is 13.5. The van der Waals surface area contributed by atoms with Gasteiger partial charge in [-0.25, -0.2) is 4.79 Å². The number of aryl methyl sites for hydroxylation is 1. The smallest absolute Gasteiger partial charge is 0.361 e. The lowest BCUT2D eigenvalue weighted by atomic mass is 10.0. The lowest BCUT2D eigenvalue weighted by Gasteiger charge is -2.28. The molecular weight excluding hydrogens is 434 g/mol. The van der Waals surface area contributed by atoms with Gasteiger partial charge in [-0.3, -0.25) is 0 Å². The molecule has 2 aromatic carbocycles. The molecule has 0 bridgehead atoms. The van der Waals surface area contributed by atoms with E-state index < -0.39 is 0 Å². The van der Waals surface area contributed by atoms with Crippen LogP contribution in [0.4, 0.5) is 0 Å². The molecule has 4 heteroatoms. The Balaban J connectivity index is 1.58. The van der Waals surface area contributed by atoms with Crippen molar-refractivity contribution in [3.05, 3.63) is 65.7 Å². The molecule has 0 amide bonds. The predicted octanol–water partition coefficient (Wildman–Crippen LogP) is 7.35. The highest BCUT2D eigenvalue weighted by molar-refractivity contribution is 5.70. The third kappa shape index (κ3) is 13.4. The van der Waals surface area contributed by atoms with Gasteiger partial charge in [-0.05, 0) is 37.5 Å². The maximum atomic E-state index is 12.3. The molecule has 0 spiro atoms. The summed E-state index contributed by atoms with van der Waals surface area (Å²) in [5.74, 6) is 0.715. The summed E-state index contributed by atoms with van der Waals surface area (Å²) >= 11 is 0. The van der Waals surface area contributed by atoms with E-state index >= 15 is 0 Å². The van der Waals surface area contributed by atoms with Crippen molar-refractivity contribution in [2.45, 2.75) is 90.7 Å². The zero-order valence-electron chi connectivity index (χ0n) is 22.6. The summed E-state index contributed by atoms with van der Waals surface area (Å²) in [6, 6.07) is 18.7. The van der Waals surface area contributed by atoms with Crippen molar-refractivity contribution in [1.29, 1.82) is 0 Å². The molecule has 0 aliphatic heterocycles. The Labute approximate surface area is 214 Å². The van der Waals surface area contributed by atoms with Crippen LogP contribution < -0.4 is 4.74 Å². The van der Waals surface area contributed by atoms with Crippen molar-refractivity contribution in [3.63, 3.8) is 0 Å². The number of carbonyl (C=O) groups excluding carboxylic acids is 1.